The maximum atomic E-state index is 6.30. The van der Waals surface area contributed by atoms with Gasteiger partial charge in [-0.15, -0.1) is 0 Å². The molecule has 1 aliphatic rings. The van der Waals surface area contributed by atoms with Crippen LogP contribution in [0.3, 0.4) is 0 Å². The van der Waals surface area contributed by atoms with Crippen molar-refractivity contribution in [1.29, 1.82) is 0 Å². The van der Waals surface area contributed by atoms with Gasteiger partial charge in [0.1, 0.15) is 5.75 Å². The Morgan fingerprint density at radius 1 is 1.19 bits per heavy atom. The molecule has 1 N–H and O–H groups in total. The van der Waals surface area contributed by atoms with Crippen LogP contribution < -0.4 is 10.1 Å². The summed E-state index contributed by atoms with van der Waals surface area (Å²) < 4.78 is 5.85. The van der Waals surface area contributed by atoms with Crippen molar-refractivity contribution in [2.75, 3.05) is 13.7 Å². The van der Waals surface area contributed by atoms with Crippen LogP contribution in [0.25, 0.3) is 0 Å². The summed E-state index contributed by atoms with van der Waals surface area (Å²) >= 11 is 6.30. The number of benzene rings is 2. The van der Waals surface area contributed by atoms with E-state index in [2.05, 4.69) is 36.5 Å². The third kappa shape index (κ3) is 2.78. The molecule has 0 radical (unpaired) electrons. The first-order chi connectivity index (χ1) is 10.2. The maximum Gasteiger partial charge on any atom is 0.127 e. The molecule has 2 unspecified atom stereocenters. The van der Waals surface area contributed by atoms with E-state index >= 15 is 0 Å². The standard InChI is InChI=1S/C18H20ClNO/c1-12(13-6-4-3-5-7-13)17(20-2)16-11-15(19)10-14-8-9-21-18(14)16/h3-7,10-12,17,20H,8-9H2,1-2H3. The summed E-state index contributed by atoms with van der Waals surface area (Å²) in [4.78, 5) is 0. The molecule has 2 atom stereocenters. The summed E-state index contributed by atoms with van der Waals surface area (Å²) in [6.07, 6.45) is 0.943. The quantitative estimate of drug-likeness (QED) is 0.907. The first kappa shape index (κ1) is 14.4. The van der Waals surface area contributed by atoms with Crippen LogP contribution in [0.15, 0.2) is 42.5 Å². The Morgan fingerprint density at radius 2 is 1.95 bits per heavy atom. The molecule has 1 aliphatic heterocycles. The van der Waals surface area contributed by atoms with Gasteiger partial charge >= 0.3 is 0 Å². The van der Waals surface area contributed by atoms with Gasteiger partial charge in [-0.05, 0) is 30.3 Å². The summed E-state index contributed by atoms with van der Waals surface area (Å²) in [5, 5.41) is 4.22. The molecule has 0 fully saturated rings. The second-order valence-electron chi connectivity index (χ2n) is 5.55. The predicted octanol–water partition coefficient (Wildman–Crippen LogP) is 4.34. The molecule has 0 aromatic heterocycles. The van der Waals surface area contributed by atoms with Gasteiger partial charge in [0.15, 0.2) is 0 Å². The molecule has 1 heterocycles. The minimum absolute atomic E-state index is 0.179. The smallest absolute Gasteiger partial charge is 0.127 e. The molecule has 3 heteroatoms. The number of fused-ring (bicyclic) bond motifs is 1. The number of hydrogen-bond donors (Lipinski definition) is 1. The van der Waals surface area contributed by atoms with Gasteiger partial charge in [-0.1, -0.05) is 48.9 Å². The van der Waals surface area contributed by atoms with Gasteiger partial charge in [0.05, 0.1) is 6.61 Å². The van der Waals surface area contributed by atoms with Gasteiger partial charge in [0.2, 0.25) is 0 Å². The van der Waals surface area contributed by atoms with Gasteiger partial charge in [0, 0.05) is 29.0 Å². The molecule has 0 saturated carbocycles. The summed E-state index contributed by atoms with van der Waals surface area (Å²) in [5.74, 6) is 1.35. The first-order valence-corrected chi connectivity index (χ1v) is 7.76. The van der Waals surface area contributed by atoms with Crippen LogP contribution in [0.1, 0.15) is 35.6 Å². The zero-order chi connectivity index (χ0) is 14.8. The summed E-state index contributed by atoms with van der Waals surface area (Å²) in [7, 11) is 1.99. The van der Waals surface area contributed by atoms with Crippen molar-refractivity contribution in [2.24, 2.45) is 0 Å². The second-order valence-corrected chi connectivity index (χ2v) is 5.98. The van der Waals surface area contributed by atoms with Crippen LogP contribution in [0, 0.1) is 0 Å². The van der Waals surface area contributed by atoms with Gasteiger partial charge in [0.25, 0.3) is 0 Å². The topological polar surface area (TPSA) is 21.3 Å². The first-order valence-electron chi connectivity index (χ1n) is 7.38. The third-order valence-corrected chi connectivity index (χ3v) is 4.47. The number of ether oxygens (including phenoxy) is 1. The second kappa shape index (κ2) is 6.08. The zero-order valence-electron chi connectivity index (χ0n) is 12.4. The summed E-state index contributed by atoms with van der Waals surface area (Å²) in [6.45, 7) is 2.98. The molecule has 21 heavy (non-hydrogen) atoms. The van der Waals surface area contributed by atoms with E-state index in [4.69, 9.17) is 16.3 Å². The Morgan fingerprint density at radius 3 is 2.67 bits per heavy atom. The van der Waals surface area contributed by atoms with Crippen molar-refractivity contribution in [1.82, 2.24) is 5.32 Å². The minimum atomic E-state index is 0.179. The highest BCUT2D eigenvalue weighted by molar-refractivity contribution is 6.30. The maximum absolute atomic E-state index is 6.30. The van der Waals surface area contributed by atoms with Crippen LogP contribution in [0.5, 0.6) is 5.75 Å². The van der Waals surface area contributed by atoms with E-state index in [-0.39, 0.29) is 6.04 Å². The van der Waals surface area contributed by atoms with E-state index in [1.807, 2.05) is 25.2 Å². The zero-order valence-corrected chi connectivity index (χ0v) is 13.2. The van der Waals surface area contributed by atoms with Crippen LogP contribution in [0.4, 0.5) is 0 Å². The Labute approximate surface area is 131 Å². The lowest BCUT2D eigenvalue weighted by Crippen LogP contribution is -2.23. The van der Waals surface area contributed by atoms with Crippen LogP contribution in [0.2, 0.25) is 5.02 Å². The fourth-order valence-corrected chi connectivity index (χ4v) is 3.40. The van der Waals surface area contributed by atoms with Gasteiger partial charge < -0.3 is 10.1 Å². The van der Waals surface area contributed by atoms with Crippen molar-refractivity contribution in [2.45, 2.75) is 25.3 Å². The highest BCUT2D eigenvalue weighted by atomic mass is 35.5. The Hall–Kier alpha value is -1.51. The SMILES string of the molecule is CNC(c1cc(Cl)cc2c1OCC2)C(C)c1ccccc1. The van der Waals surface area contributed by atoms with Crippen LogP contribution >= 0.6 is 11.6 Å². The van der Waals surface area contributed by atoms with Gasteiger partial charge in [-0.2, -0.15) is 0 Å². The predicted molar refractivity (Wildman–Crippen MR) is 87.3 cm³/mol. The molecule has 2 aromatic carbocycles. The third-order valence-electron chi connectivity index (χ3n) is 4.25. The number of likely N-dealkylation sites (N-methyl/N-ethyl adjacent to an activating group) is 1. The van der Waals surface area contributed by atoms with E-state index in [0.29, 0.717) is 5.92 Å². The number of nitrogens with one attached hydrogen (secondary N) is 1. The van der Waals surface area contributed by atoms with Gasteiger partial charge in [-0.25, -0.2) is 0 Å². The highest BCUT2D eigenvalue weighted by Gasteiger charge is 2.26. The van der Waals surface area contributed by atoms with E-state index in [1.54, 1.807) is 0 Å². The fourth-order valence-electron chi connectivity index (χ4n) is 3.15. The summed E-state index contributed by atoms with van der Waals surface area (Å²) in [6, 6.07) is 14.8. The Balaban J connectivity index is 2.01. The number of hydrogen-bond acceptors (Lipinski definition) is 2. The van der Waals surface area contributed by atoms with Crippen molar-refractivity contribution in [3.8, 4) is 5.75 Å². The number of halogens is 1. The molecule has 2 aromatic rings. The summed E-state index contributed by atoms with van der Waals surface area (Å²) in [5.41, 5.74) is 3.69. The lowest BCUT2D eigenvalue weighted by atomic mass is 9.87. The fraction of sp³-hybridized carbons (Fsp3) is 0.333. The van der Waals surface area contributed by atoms with Crippen LogP contribution in [-0.2, 0) is 6.42 Å². The molecule has 0 amide bonds. The van der Waals surface area contributed by atoms with Crippen molar-refractivity contribution >= 4 is 11.6 Å². The van der Waals surface area contributed by atoms with Crippen molar-refractivity contribution in [3.63, 3.8) is 0 Å². The lowest BCUT2D eigenvalue weighted by Gasteiger charge is -2.26. The molecule has 2 nitrogen and oxygen atoms in total. The monoisotopic (exact) mass is 301 g/mol. The van der Waals surface area contributed by atoms with Gasteiger partial charge in [-0.3, -0.25) is 0 Å². The highest BCUT2D eigenvalue weighted by Crippen LogP contribution is 2.41. The molecule has 3 rings (SSSR count). The largest absolute Gasteiger partial charge is 0.493 e. The van der Waals surface area contributed by atoms with Crippen molar-refractivity contribution < 1.29 is 4.74 Å². The Kier molecular flexibility index (Phi) is 4.18. The van der Waals surface area contributed by atoms with Crippen molar-refractivity contribution in [3.05, 3.63) is 64.2 Å². The molecule has 0 aliphatic carbocycles. The van der Waals surface area contributed by atoms with Crippen LogP contribution in [-0.4, -0.2) is 13.7 Å². The molecular weight excluding hydrogens is 282 g/mol. The van der Waals surface area contributed by atoms with E-state index < -0.39 is 0 Å². The van der Waals surface area contributed by atoms with E-state index in [0.717, 1.165) is 29.4 Å². The minimum Gasteiger partial charge on any atom is -0.493 e. The normalized spacial score (nSPS) is 16.1. The molecule has 0 saturated heterocycles. The molecule has 110 valence electrons. The molecule has 0 spiro atoms. The van der Waals surface area contributed by atoms with E-state index in [9.17, 15) is 0 Å². The number of rotatable bonds is 4. The Bertz CT molecular complexity index is 627. The lowest BCUT2D eigenvalue weighted by molar-refractivity contribution is 0.346. The van der Waals surface area contributed by atoms with E-state index in [1.165, 1.54) is 11.1 Å². The average molecular weight is 302 g/mol. The molecular formula is C18H20ClNO. The molecule has 0 bridgehead atoms. The average Bonchev–Trinajstić information content (AvgIpc) is 2.96.